The van der Waals surface area contributed by atoms with Gasteiger partial charge in [-0.25, -0.2) is 0 Å². The second-order valence-corrected chi connectivity index (χ2v) is 16.4. The van der Waals surface area contributed by atoms with Gasteiger partial charge in [0, 0.05) is 51.2 Å². The van der Waals surface area contributed by atoms with Crippen molar-refractivity contribution in [3.8, 4) is 0 Å². The minimum absolute atomic E-state index is 0.106. The summed E-state index contributed by atoms with van der Waals surface area (Å²) in [6, 6.07) is 79.1. The molecule has 3 heterocycles. The van der Waals surface area contributed by atoms with Gasteiger partial charge in [0.05, 0.1) is 11.1 Å². The number of hydrogen-bond donors (Lipinski definition) is 1. The van der Waals surface area contributed by atoms with Gasteiger partial charge in [0.2, 0.25) is 0 Å². The molecule has 0 amide bonds. The number of nitrogen functional groups attached to an aromatic ring is 1. The molecule has 5 heteroatoms. The van der Waals surface area contributed by atoms with Crippen LogP contribution in [0.25, 0.3) is 6.08 Å². The lowest BCUT2D eigenvalue weighted by molar-refractivity contribution is 0.750. The molecular weight excluding hydrogens is 751 g/mol. The van der Waals surface area contributed by atoms with Crippen molar-refractivity contribution in [3.63, 3.8) is 0 Å². The molecule has 0 bridgehead atoms. The summed E-state index contributed by atoms with van der Waals surface area (Å²) >= 11 is 0. The van der Waals surface area contributed by atoms with E-state index in [1.54, 1.807) is 0 Å². The lowest BCUT2D eigenvalue weighted by Gasteiger charge is -2.52. The number of para-hydroxylation sites is 4. The van der Waals surface area contributed by atoms with E-state index in [1.165, 1.54) is 38.6 Å². The molecule has 62 heavy (non-hydrogen) atoms. The lowest BCUT2D eigenvalue weighted by atomic mass is 9.28. The molecule has 0 saturated carbocycles. The van der Waals surface area contributed by atoms with Gasteiger partial charge in [0.25, 0.3) is 6.71 Å². The van der Waals surface area contributed by atoms with Gasteiger partial charge in [0.15, 0.2) is 0 Å². The van der Waals surface area contributed by atoms with Gasteiger partial charge in [-0.1, -0.05) is 152 Å². The number of hydrogen-bond acceptors (Lipinski definition) is 4. The number of benzene rings is 9. The van der Waals surface area contributed by atoms with Gasteiger partial charge in [-0.05, 0) is 123 Å². The molecule has 0 spiro atoms. The SMILES string of the molecule is C=Cc1cc2c3c(c1)C(c1ccccc1)(c1ccccc1)c1cc(N)cc4c1B3c1c(cc(N(c3ccccc3)c3ccccc3)cc1N2c1ccccc1)N4c1ccccc1. The minimum atomic E-state index is -0.724. The van der Waals surface area contributed by atoms with E-state index >= 15 is 0 Å². The van der Waals surface area contributed by atoms with Crippen LogP contribution in [0, 0.1) is 0 Å². The Kier molecular flexibility index (Phi) is 8.13. The van der Waals surface area contributed by atoms with Crippen molar-refractivity contribution < 1.29 is 0 Å². The molecule has 292 valence electrons. The quantitative estimate of drug-likeness (QED) is 0.123. The molecule has 0 fully saturated rings. The second-order valence-electron chi connectivity index (χ2n) is 16.4. The van der Waals surface area contributed by atoms with Gasteiger partial charge < -0.3 is 20.4 Å². The minimum Gasteiger partial charge on any atom is -0.399 e. The van der Waals surface area contributed by atoms with Crippen LogP contribution < -0.4 is 36.8 Å². The fourth-order valence-electron chi connectivity index (χ4n) is 10.8. The van der Waals surface area contributed by atoms with Crippen molar-refractivity contribution >= 4 is 86.1 Å². The van der Waals surface area contributed by atoms with E-state index in [4.69, 9.17) is 5.73 Å². The van der Waals surface area contributed by atoms with Crippen LogP contribution in [0.3, 0.4) is 0 Å². The van der Waals surface area contributed by atoms with Crippen LogP contribution in [-0.2, 0) is 5.41 Å². The molecule has 9 aromatic rings. The van der Waals surface area contributed by atoms with Crippen LogP contribution in [0.1, 0.15) is 27.8 Å². The maximum Gasteiger partial charge on any atom is 0.253 e. The highest BCUT2D eigenvalue weighted by Gasteiger charge is 2.55. The van der Waals surface area contributed by atoms with E-state index < -0.39 is 5.41 Å². The Morgan fingerprint density at radius 1 is 0.435 bits per heavy atom. The average molecular weight is 793 g/mol. The van der Waals surface area contributed by atoms with Crippen molar-refractivity contribution in [1.82, 2.24) is 0 Å². The molecule has 3 aliphatic heterocycles. The summed E-state index contributed by atoms with van der Waals surface area (Å²) in [6.07, 6.45) is 2.00. The molecule has 4 nitrogen and oxygen atoms in total. The van der Waals surface area contributed by atoms with Gasteiger partial charge in [-0.2, -0.15) is 0 Å². The first-order valence-electron chi connectivity index (χ1n) is 21.3. The van der Waals surface area contributed by atoms with E-state index in [9.17, 15) is 0 Å². The van der Waals surface area contributed by atoms with Crippen LogP contribution in [-0.4, -0.2) is 6.71 Å². The Hall–Kier alpha value is -8.02. The first-order valence-corrected chi connectivity index (χ1v) is 21.3. The number of nitrogens with two attached hydrogens (primary N) is 1. The first-order chi connectivity index (χ1) is 30.6. The summed E-state index contributed by atoms with van der Waals surface area (Å²) in [7, 11) is 0. The fraction of sp³-hybridized carbons (Fsp3) is 0.0175. The number of nitrogens with zero attached hydrogens (tertiary/aromatic N) is 3. The standard InChI is InChI=1S/C57H41BN4/c1-2-39-33-48-54-50(34-39)61(45-29-17-7-18-30-45)52-37-47(60(43-25-13-5-14-26-43)44-27-15-6-16-28-44)38-53-56(52)58(54)55-49(35-42(59)36-51(55)62(53)46-31-19-8-20-32-46)57(48,40-21-9-3-10-22-40)41-23-11-4-12-24-41/h2-38H,1,59H2. The zero-order chi connectivity index (χ0) is 41.4. The third-order valence-electron chi connectivity index (χ3n) is 13.1. The molecule has 0 aromatic heterocycles. The maximum absolute atomic E-state index is 7.25. The van der Waals surface area contributed by atoms with Crippen molar-refractivity contribution in [3.05, 3.63) is 253 Å². The maximum atomic E-state index is 7.25. The van der Waals surface area contributed by atoms with E-state index in [0.29, 0.717) is 0 Å². The molecule has 12 rings (SSSR count). The highest BCUT2D eigenvalue weighted by atomic mass is 15.2. The van der Waals surface area contributed by atoms with Gasteiger partial charge in [-0.3, -0.25) is 0 Å². The van der Waals surface area contributed by atoms with Gasteiger partial charge in [0.1, 0.15) is 0 Å². The third-order valence-corrected chi connectivity index (χ3v) is 13.1. The Labute approximate surface area is 363 Å². The number of rotatable bonds is 8. The summed E-state index contributed by atoms with van der Waals surface area (Å²) in [5.74, 6) is 0. The fourth-order valence-corrected chi connectivity index (χ4v) is 10.8. The molecule has 0 unspecified atom stereocenters. The van der Waals surface area contributed by atoms with E-state index in [-0.39, 0.29) is 6.71 Å². The predicted molar refractivity (Wildman–Crippen MR) is 262 cm³/mol. The topological polar surface area (TPSA) is 35.7 Å². The Morgan fingerprint density at radius 3 is 1.31 bits per heavy atom. The largest absolute Gasteiger partial charge is 0.399 e. The van der Waals surface area contributed by atoms with Gasteiger partial charge in [-0.15, -0.1) is 0 Å². The predicted octanol–water partition coefficient (Wildman–Crippen LogP) is 12.2. The lowest BCUT2D eigenvalue weighted by Crippen LogP contribution is -2.68. The van der Waals surface area contributed by atoms with Crippen molar-refractivity contribution in [2.24, 2.45) is 0 Å². The van der Waals surface area contributed by atoms with Crippen molar-refractivity contribution in [2.75, 3.05) is 20.4 Å². The van der Waals surface area contributed by atoms with Crippen molar-refractivity contribution in [2.45, 2.75) is 5.41 Å². The second kappa shape index (κ2) is 14.0. The zero-order valence-electron chi connectivity index (χ0n) is 34.1. The van der Waals surface area contributed by atoms with Crippen LogP contribution in [0.2, 0.25) is 0 Å². The van der Waals surface area contributed by atoms with Crippen LogP contribution in [0.4, 0.5) is 56.9 Å². The average Bonchev–Trinajstić information content (AvgIpc) is 3.33. The zero-order valence-corrected chi connectivity index (χ0v) is 34.1. The summed E-state index contributed by atoms with van der Waals surface area (Å²) in [5.41, 5.74) is 26.8. The van der Waals surface area contributed by atoms with Crippen LogP contribution >= 0.6 is 0 Å². The van der Waals surface area contributed by atoms with Gasteiger partial charge >= 0.3 is 0 Å². The Balaban J connectivity index is 1.29. The molecule has 0 atom stereocenters. The summed E-state index contributed by atoms with van der Waals surface area (Å²) in [6.45, 7) is 4.30. The summed E-state index contributed by atoms with van der Waals surface area (Å²) < 4.78 is 0. The molecule has 3 aliphatic rings. The molecule has 0 saturated heterocycles. The Bertz CT molecular complexity index is 3080. The number of anilines is 10. The highest BCUT2D eigenvalue weighted by Crippen LogP contribution is 2.55. The first kappa shape index (κ1) is 35.9. The molecule has 0 radical (unpaired) electrons. The molecule has 9 aromatic carbocycles. The van der Waals surface area contributed by atoms with E-state index in [0.717, 1.165) is 62.4 Å². The van der Waals surface area contributed by atoms with Crippen molar-refractivity contribution in [1.29, 1.82) is 0 Å². The Morgan fingerprint density at radius 2 is 0.839 bits per heavy atom. The van der Waals surface area contributed by atoms with E-state index in [1.807, 2.05) is 6.08 Å². The monoisotopic (exact) mass is 792 g/mol. The molecule has 0 aliphatic carbocycles. The molecule has 2 N–H and O–H groups in total. The van der Waals surface area contributed by atoms with Crippen LogP contribution in [0.15, 0.2) is 225 Å². The normalized spacial score (nSPS) is 13.6. The smallest absolute Gasteiger partial charge is 0.253 e. The summed E-state index contributed by atoms with van der Waals surface area (Å²) in [5, 5.41) is 0. The summed E-state index contributed by atoms with van der Waals surface area (Å²) in [4.78, 5) is 7.36. The third kappa shape index (κ3) is 5.15. The van der Waals surface area contributed by atoms with Crippen LogP contribution in [0.5, 0.6) is 0 Å². The molecular formula is C57H41BN4. The highest BCUT2D eigenvalue weighted by molar-refractivity contribution is 7.01. The van der Waals surface area contributed by atoms with E-state index in [2.05, 4.69) is 240 Å².